The van der Waals surface area contributed by atoms with Gasteiger partial charge in [0.15, 0.2) is 0 Å². The van der Waals surface area contributed by atoms with Crippen LogP contribution >= 0.6 is 0 Å². The van der Waals surface area contributed by atoms with Crippen LogP contribution in [0.2, 0.25) is 0 Å². The Morgan fingerprint density at radius 2 is 1.61 bits per heavy atom. The zero-order chi connectivity index (χ0) is 13.0. The van der Waals surface area contributed by atoms with Crippen LogP contribution in [0.3, 0.4) is 0 Å². The molecule has 0 aromatic heterocycles. The Morgan fingerprint density at radius 3 is 2.22 bits per heavy atom. The van der Waals surface area contributed by atoms with Gasteiger partial charge >= 0.3 is 0 Å². The molecule has 2 aromatic carbocycles. The van der Waals surface area contributed by atoms with Crippen LogP contribution in [-0.4, -0.2) is 19.0 Å². The van der Waals surface area contributed by atoms with Gasteiger partial charge < -0.3 is 10.6 Å². The van der Waals surface area contributed by atoms with Crippen molar-refractivity contribution < 1.29 is 0 Å². The molecule has 0 radical (unpaired) electrons. The molecule has 0 atom stereocenters. The topological polar surface area (TPSA) is 29.3 Å². The minimum atomic E-state index is 0.579. The van der Waals surface area contributed by atoms with Crippen molar-refractivity contribution in [3.05, 3.63) is 59.7 Å². The van der Waals surface area contributed by atoms with E-state index in [9.17, 15) is 0 Å². The molecule has 0 bridgehead atoms. The van der Waals surface area contributed by atoms with Gasteiger partial charge in [0, 0.05) is 13.1 Å². The van der Waals surface area contributed by atoms with E-state index < -0.39 is 0 Å². The van der Waals surface area contributed by atoms with Crippen LogP contribution in [-0.2, 0) is 13.1 Å². The first-order valence-electron chi connectivity index (χ1n) is 6.22. The fraction of sp³-hybridized carbons (Fsp3) is 0.250. The van der Waals surface area contributed by atoms with Crippen molar-refractivity contribution in [2.24, 2.45) is 5.73 Å². The van der Waals surface area contributed by atoms with Gasteiger partial charge in [-0.2, -0.15) is 0 Å². The van der Waals surface area contributed by atoms with Gasteiger partial charge in [-0.25, -0.2) is 0 Å². The van der Waals surface area contributed by atoms with E-state index in [1.807, 2.05) is 6.07 Å². The normalized spacial score (nSPS) is 10.9. The van der Waals surface area contributed by atoms with Crippen LogP contribution in [0, 0.1) is 0 Å². The monoisotopic (exact) mass is 240 g/mol. The first kappa shape index (κ1) is 12.8. The third-order valence-electron chi connectivity index (χ3n) is 3.00. The molecule has 2 rings (SSSR count). The third-order valence-corrected chi connectivity index (χ3v) is 3.00. The van der Waals surface area contributed by atoms with Gasteiger partial charge in [-0.3, -0.25) is 0 Å². The summed E-state index contributed by atoms with van der Waals surface area (Å²) in [4.78, 5) is 2.17. The van der Waals surface area contributed by atoms with E-state index in [4.69, 9.17) is 5.73 Å². The van der Waals surface area contributed by atoms with E-state index in [0.717, 1.165) is 6.54 Å². The predicted molar refractivity (Wildman–Crippen MR) is 77.2 cm³/mol. The molecule has 0 saturated heterocycles. The first-order valence-corrected chi connectivity index (χ1v) is 6.22. The average molecular weight is 240 g/mol. The molecule has 0 heterocycles. The Bertz CT molecular complexity index is 501. The molecule has 2 N–H and O–H groups in total. The van der Waals surface area contributed by atoms with Gasteiger partial charge in [0.05, 0.1) is 0 Å². The van der Waals surface area contributed by atoms with Crippen LogP contribution in [0.5, 0.6) is 0 Å². The standard InChI is InChI=1S/C16H20N2/c1-18(2)12-13-7-9-14(10-8-13)16-6-4-3-5-15(16)11-17/h3-10H,11-12,17H2,1-2H3. The summed E-state index contributed by atoms with van der Waals surface area (Å²) in [6, 6.07) is 17.0. The molecule has 2 nitrogen and oxygen atoms in total. The Morgan fingerprint density at radius 1 is 0.944 bits per heavy atom. The summed E-state index contributed by atoms with van der Waals surface area (Å²) in [5.74, 6) is 0. The number of hydrogen-bond donors (Lipinski definition) is 1. The molecular weight excluding hydrogens is 220 g/mol. The fourth-order valence-electron chi connectivity index (χ4n) is 2.13. The second-order valence-corrected chi connectivity index (χ2v) is 4.80. The van der Waals surface area contributed by atoms with Crippen molar-refractivity contribution in [3.8, 4) is 11.1 Å². The summed E-state index contributed by atoms with van der Waals surface area (Å²) >= 11 is 0. The fourth-order valence-corrected chi connectivity index (χ4v) is 2.13. The first-order chi connectivity index (χ1) is 8.70. The highest BCUT2D eigenvalue weighted by Gasteiger charge is 2.03. The van der Waals surface area contributed by atoms with Crippen molar-refractivity contribution in [2.45, 2.75) is 13.1 Å². The number of nitrogens with zero attached hydrogens (tertiary/aromatic N) is 1. The van der Waals surface area contributed by atoms with Crippen LogP contribution in [0.1, 0.15) is 11.1 Å². The van der Waals surface area contributed by atoms with Crippen molar-refractivity contribution in [3.63, 3.8) is 0 Å². The lowest BCUT2D eigenvalue weighted by atomic mass is 9.99. The van der Waals surface area contributed by atoms with E-state index >= 15 is 0 Å². The molecule has 0 amide bonds. The lowest BCUT2D eigenvalue weighted by Crippen LogP contribution is -2.10. The largest absolute Gasteiger partial charge is 0.326 e. The van der Waals surface area contributed by atoms with Gasteiger partial charge in [0.1, 0.15) is 0 Å². The molecule has 0 aliphatic heterocycles. The van der Waals surface area contributed by atoms with E-state index in [1.165, 1.54) is 22.3 Å². The Labute approximate surface area is 109 Å². The van der Waals surface area contributed by atoms with Crippen LogP contribution in [0.25, 0.3) is 11.1 Å². The van der Waals surface area contributed by atoms with Crippen molar-refractivity contribution in [1.82, 2.24) is 4.90 Å². The zero-order valence-corrected chi connectivity index (χ0v) is 11.1. The van der Waals surface area contributed by atoms with Gasteiger partial charge in [0.2, 0.25) is 0 Å². The second kappa shape index (κ2) is 5.80. The molecule has 2 aromatic rings. The summed E-state index contributed by atoms with van der Waals surface area (Å²) in [6.45, 7) is 1.55. The molecule has 0 unspecified atom stereocenters. The summed E-state index contributed by atoms with van der Waals surface area (Å²) in [5.41, 5.74) is 10.8. The number of hydrogen-bond acceptors (Lipinski definition) is 2. The molecule has 18 heavy (non-hydrogen) atoms. The molecular formula is C16H20N2. The Balaban J connectivity index is 2.28. The molecule has 0 saturated carbocycles. The summed E-state index contributed by atoms with van der Waals surface area (Å²) in [6.07, 6.45) is 0. The number of rotatable bonds is 4. The highest BCUT2D eigenvalue weighted by atomic mass is 15.0. The van der Waals surface area contributed by atoms with Gasteiger partial charge in [-0.1, -0.05) is 48.5 Å². The maximum atomic E-state index is 5.78. The van der Waals surface area contributed by atoms with Gasteiger partial charge in [0.25, 0.3) is 0 Å². The maximum Gasteiger partial charge on any atom is 0.0227 e. The average Bonchev–Trinajstić information content (AvgIpc) is 2.39. The van der Waals surface area contributed by atoms with Crippen LogP contribution in [0.15, 0.2) is 48.5 Å². The lowest BCUT2D eigenvalue weighted by Gasteiger charge is -2.11. The van der Waals surface area contributed by atoms with Crippen LogP contribution in [0.4, 0.5) is 0 Å². The Hall–Kier alpha value is -1.64. The van der Waals surface area contributed by atoms with E-state index in [-0.39, 0.29) is 0 Å². The number of benzene rings is 2. The third kappa shape index (κ3) is 2.97. The quantitative estimate of drug-likeness (QED) is 0.890. The Kier molecular flexibility index (Phi) is 4.13. The van der Waals surface area contributed by atoms with Gasteiger partial charge in [-0.05, 0) is 36.3 Å². The minimum absolute atomic E-state index is 0.579. The minimum Gasteiger partial charge on any atom is -0.326 e. The predicted octanol–water partition coefficient (Wildman–Crippen LogP) is 2.87. The van der Waals surface area contributed by atoms with Gasteiger partial charge in [-0.15, -0.1) is 0 Å². The number of nitrogens with two attached hydrogens (primary N) is 1. The van der Waals surface area contributed by atoms with Crippen molar-refractivity contribution >= 4 is 0 Å². The second-order valence-electron chi connectivity index (χ2n) is 4.80. The molecule has 0 spiro atoms. The maximum absolute atomic E-state index is 5.78. The van der Waals surface area contributed by atoms with Crippen molar-refractivity contribution in [1.29, 1.82) is 0 Å². The molecule has 0 aliphatic carbocycles. The zero-order valence-electron chi connectivity index (χ0n) is 11.1. The van der Waals surface area contributed by atoms with E-state index in [2.05, 4.69) is 61.5 Å². The summed E-state index contributed by atoms with van der Waals surface area (Å²) < 4.78 is 0. The molecule has 94 valence electrons. The highest BCUT2D eigenvalue weighted by Crippen LogP contribution is 2.23. The molecule has 0 aliphatic rings. The van der Waals surface area contributed by atoms with E-state index in [1.54, 1.807) is 0 Å². The highest BCUT2D eigenvalue weighted by molar-refractivity contribution is 5.67. The molecule has 0 fully saturated rings. The van der Waals surface area contributed by atoms with Crippen molar-refractivity contribution in [2.75, 3.05) is 14.1 Å². The van der Waals surface area contributed by atoms with Crippen LogP contribution < -0.4 is 5.73 Å². The SMILES string of the molecule is CN(C)Cc1ccc(-c2ccccc2CN)cc1. The van der Waals surface area contributed by atoms with E-state index in [0.29, 0.717) is 6.54 Å². The summed E-state index contributed by atoms with van der Waals surface area (Å²) in [7, 11) is 4.16. The summed E-state index contributed by atoms with van der Waals surface area (Å²) in [5, 5.41) is 0. The smallest absolute Gasteiger partial charge is 0.0227 e. The lowest BCUT2D eigenvalue weighted by molar-refractivity contribution is 0.402. The molecule has 2 heteroatoms.